The number of aromatic nitrogens is 1. The first-order valence-corrected chi connectivity index (χ1v) is 27.5. The Labute approximate surface area is 459 Å². The van der Waals surface area contributed by atoms with E-state index < -0.39 is 5.41 Å². The van der Waals surface area contributed by atoms with Crippen LogP contribution in [0.5, 0.6) is 0 Å². The standard InChI is InChI=1S/C76H52N2O/c1-75(2)67-28-13-9-22-59(67)62-43-42-57(48-70(62)75)77(56-40-34-50(35-41-56)58-26-17-27-64-63-25-12-16-31-73(63)79-74(58)64)55-38-32-49(33-39-55)51-36-44-71-65(46-51)66-47-53(37-45-72(66)78(71)54-20-7-4-8-21-54)76(52-18-5-3-6-19-52)68-29-14-10-23-60(68)61-24-11-15-30-69(61)76/h3-48H,1-2H3. The Balaban J connectivity index is 0.839. The molecule has 2 aromatic heterocycles. The minimum atomic E-state index is -0.509. The highest BCUT2D eigenvalue weighted by Gasteiger charge is 2.46. The Morgan fingerprint density at radius 1 is 0.329 bits per heavy atom. The van der Waals surface area contributed by atoms with E-state index >= 15 is 0 Å². The molecule has 3 nitrogen and oxygen atoms in total. The number of hydrogen-bond acceptors (Lipinski definition) is 2. The molecule has 16 rings (SSSR count). The van der Waals surface area contributed by atoms with Crippen molar-refractivity contribution in [2.75, 3.05) is 4.90 Å². The summed E-state index contributed by atoms with van der Waals surface area (Å²) in [7, 11) is 0. The van der Waals surface area contributed by atoms with Crippen LogP contribution in [-0.4, -0.2) is 4.57 Å². The lowest BCUT2D eigenvalue weighted by Crippen LogP contribution is -2.28. The van der Waals surface area contributed by atoms with Crippen molar-refractivity contribution in [1.29, 1.82) is 0 Å². The molecular weight excluding hydrogens is 957 g/mol. The molecule has 2 heterocycles. The number of nitrogens with zero attached hydrogens (tertiary/aromatic N) is 2. The molecule has 0 spiro atoms. The number of anilines is 3. The summed E-state index contributed by atoms with van der Waals surface area (Å²) < 4.78 is 8.95. The third-order valence-corrected chi connectivity index (χ3v) is 17.5. The summed E-state index contributed by atoms with van der Waals surface area (Å²) in [6.45, 7) is 4.72. The van der Waals surface area contributed by atoms with Crippen molar-refractivity contribution in [2.45, 2.75) is 24.7 Å². The second kappa shape index (κ2) is 17.3. The summed E-state index contributed by atoms with van der Waals surface area (Å²) in [6.07, 6.45) is 0. The molecule has 372 valence electrons. The summed E-state index contributed by atoms with van der Waals surface area (Å²) in [4.78, 5) is 2.41. The predicted molar refractivity (Wildman–Crippen MR) is 328 cm³/mol. The molecule has 0 N–H and O–H groups in total. The van der Waals surface area contributed by atoms with Crippen LogP contribution in [0.3, 0.4) is 0 Å². The quantitative estimate of drug-likeness (QED) is 0.151. The van der Waals surface area contributed by atoms with Gasteiger partial charge in [-0.25, -0.2) is 0 Å². The minimum absolute atomic E-state index is 0.149. The average molecular weight is 1010 g/mol. The summed E-state index contributed by atoms with van der Waals surface area (Å²) in [6, 6.07) is 103. The first-order valence-electron chi connectivity index (χ1n) is 27.5. The lowest BCUT2D eigenvalue weighted by atomic mass is 9.67. The van der Waals surface area contributed by atoms with E-state index in [-0.39, 0.29) is 5.41 Å². The van der Waals surface area contributed by atoms with Crippen LogP contribution >= 0.6 is 0 Å². The minimum Gasteiger partial charge on any atom is -0.455 e. The zero-order valence-corrected chi connectivity index (χ0v) is 43.9. The van der Waals surface area contributed by atoms with Gasteiger partial charge in [-0.2, -0.15) is 0 Å². The fourth-order valence-electron chi connectivity index (χ4n) is 13.8. The summed E-state index contributed by atoms with van der Waals surface area (Å²) in [5.74, 6) is 0. The third-order valence-electron chi connectivity index (χ3n) is 17.5. The smallest absolute Gasteiger partial charge is 0.143 e. The molecule has 2 aliphatic rings. The van der Waals surface area contributed by atoms with E-state index in [1.807, 2.05) is 6.07 Å². The molecule has 3 heteroatoms. The van der Waals surface area contributed by atoms with Crippen molar-refractivity contribution < 1.29 is 4.42 Å². The Kier molecular flexibility index (Phi) is 9.90. The molecule has 12 aromatic carbocycles. The molecule has 79 heavy (non-hydrogen) atoms. The fourth-order valence-corrected chi connectivity index (χ4v) is 13.8. The number of rotatable bonds is 8. The van der Waals surface area contributed by atoms with Gasteiger partial charge in [-0.3, -0.25) is 0 Å². The van der Waals surface area contributed by atoms with E-state index in [9.17, 15) is 0 Å². The Bertz CT molecular complexity index is 4690. The van der Waals surface area contributed by atoms with Crippen LogP contribution in [-0.2, 0) is 10.8 Å². The lowest BCUT2D eigenvalue weighted by Gasteiger charge is -2.34. The topological polar surface area (TPSA) is 21.3 Å². The van der Waals surface area contributed by atoms with Gasteiger partial charge in [0, 0.05) is 55.3 Å². The second-order valence-electron chi connectivity index (χ2n) is 22.0. The van der Waals surface area contributed by atoms with Crippen molar-refractivity contribution in [3.05, 3.63) is 312 Å². The number of para-hydroxylation sites is 3. The molecule has 0 radical (unpaired) electrons. The van der Waals surface area contributed by atoms with Crippen LogP contribution in [0.15, 0.2) is 283 Å². The zero-order valence-electron chi connectivity index (χ0n) is 43.9. The van der Waals surface area contributed by atoms with Gasteiger partial charge in [0.25, 0.3) is 0 Å². The van der Waals surface area contributed by atoms with Gasteiger partial charge < -0.3 is 13.9 Å². The molecule has 0 amide bonds. The Hall–Kier alpha value is -9.96. The normalized spacial score (nSPS) is 13.6. The van der Waals surface area contributed by atoms with Crippen molar-refractivity contribution in [2.24, 2.45) is 0 Å². The summed E-state index contributed by atoms with van der Waals surface area (Å²) in [5.41, 5.74) is 25.5. The SMILES string of the molecule is CC1(C)c2ccccc2-c2ccc(N(c3ccc(-c4ccc5c(c4)c4cc(C6(c7ccccc7)c7ccccc7-c7ccccc76)ccc4n5-c4ccccc4)cc3)c3ccc(-c4cccc5c4oc4ccccc45)cc3)cc21. The van der Waals surface area contributed by atoms with E-state index in [2.05, 4.69) is 296 Å². The van der Waals surface area contributed by atoms with E-state index in [1.54, 1.807) is 0 Å². The molecule has 14 aromatic rings. The predicted octanol–water partition coefficient (Wildman–Crippen LogP) is 20.2. The van der Waals surface area contributed by atoms with Crippen molar-refractivity contribution >= 4 is 60.8 Å². The Morgan fingerprint density at radius 3 is 1.56 bits per heavy atom. The highest BCUT2D eigenvalue weighted by Crippen LogP contribution is 2.57. The number of fused-ring (bicyclic) bond motifs is 12. The Morgan fingerprint density at radius 2 is 0.848 bits per heavy atom. The van der Waals surface area contributed by atoms with Gasteiger partial charge in [0.1, 0.15) is 11.2 Å². The first kappa shape index (κ1) is 45.3. The molecule has 0 bridgehead atoms. The van der Waals surface area contributed by atoms with Gasteiger partial charge in [0.15, 0.2) is 0 Å². The van der Waals surface area contributed by atoms with E-state index in [0.717, 1.165) is 61.4 Å². The second-order valence-corrected chi connectivity index (χ2v) is 22.0. The molecule has 0 atom stereocenters. The van der Waals surface area contributed by atoms with Gasteiger partial charge in [-0.05, 0) is 151 Å². The third kappa shape index (κ3) is 6.66. The van der Waals surface area contributed by atoms with Crippen LogP contribution in [0.25, 0.3) is 93.9 Å². The molecular formula is C76H52N2O. The van der Waals surface area contributed by atoms with Gasteiger partial charge in [0.2, 0.25) is 0 Å². The van der Waals surface area contributed by atoms with E-state index in [4.69, 9.17) is 4.42 Å². The molecule has 0 fully saturated rings. The van der Waals surface area contributed by atoms with Gasteiger partial charge >= 0.3 is 0 Å². The van der Waals surface area contributed by atoms with Crippen LogP contribution in [0, 0.1) is 0 Å². The van der Waals surface area contributed by atoms with Crippen molar-refractivity contribution in [1.82, 2.24) is 4.57 Å². The first-order chi connectivity index (χ1) is 38.9. The van der Waals surface area contributed by atoms with Crippen LogP contribution in [0.1, 0.15) is 47.2 Å². The van der Waals surface area contributed by atoms with Gasteiger partial charge in [-0.15, -0.1) is 0 Å². The highest BCUT2D eigenvalue weighted by atomic mass is 16.3. The fraction of sp³-hybridized carbons (Fsp3) is 0.0526. The summed E-state index contributed by atoms with van der Waals surface area (Å²) >= 11 is 0. The monoisotopic (exact) mass is 1010 g/mol. The van der Waals surface area contributed by atoms with Crippen LogP contribution in [0.2, 0.25) is 0 Å². The van der Waals surface area contributed by atoms with Crippen LogP contribution < -0.4 is 4.90 Å². The number of furan rings is 1. The van der Waals surface area contributed by atoms with Crippen molar-refractivity contribution in [3.8, 4) is 50.2 Å². The zero-order chi connectivity index (χ0) is 52.4. The van der Waals surface area contributed by atoms with Crippen molar-refractivity contribution in [3.63, 3.8) is 0 Å². The molecule has 0 unspecified atom stereocenters. The molecule has 0 aliphatic heterocycles. The van der Waals surface area contributed by atoms with Gasteiger partial charge in [0.05, 0.1) is 16.4 Å². The van der Waals surface area contributed by atoms with Crippen LogP contribution in [0.4, 0.5) is 17.1 Å². The number of benzene rings is 12. The highest BCUT2D eigenvalue weighted by molar-refractivity contribution is 6.12. The average Bonchev–Trinajstić information content (AvgIpc) is 3.71. The summed E-state index contributed by atoms with van der Waals surface area (Å²) in [5, 5.41) is 4.70. The largest absolute Gasteiger partial charge is 0.455 e. The molecule has 0 saturated carbocycles. The molecule has 0 saturated heterocycles. The van der Waals surface area contributed by atoms with Gasteiger partial charge in [-0.1, -0.05) is 214 Å². The van der Waals surface area contributed by atoms with E-state index in [0.29, 0.717) is 0 Å². The lowest BCUT2D eigenvalue weighted by molar-refractivity contribution is 0.660. The maximum Gasteiger partial charge on any atom is 0.143 e. The maximum atomic E-state index is 6.52. The maximum absolute atomic E-state index is 6.52. The van der Waals surface area contributed by atoms with E-state index in [1.165, 1.54) is 83.0 Å². The number of hydrogen-bond donors (Lipinski definition) is 0. The molecule has 2 aliphatic carbocycles.